The van der Waals surface area contributed by atoms with Gasteiger partial charge in [0, 0.05) is 16.8 Å². The van der Waals surface area contributed by atoms with E-state index >= 15 is 0 Å². The van der Waals surface area contributed by atoms with Gasteiger partial charge < -0.3 is 15.2 Å². The van der Waals surface area contributed by atoms with E-state index in [0.717, 1.165) is 0 Å². The molecule has 2 N–H and O–H groups in total. The maximum Gasteiger partial charge on any atom is 0.259 e. The number of carbonyl (C=O) groups is 1. The first-order valence-corrected chi connectivity index (χ1v) is 6.50. The summed E-state index contributed by atoms with van der Waals surface area (Å²) in [6.07, 6.45) is 0. The predicted octanol–water partition coefficient (Wildman–Crippen LogP) is 3.70. The Bertz CT molecular complexity index is 628. The number of nitrogens with one attached hydrogen (secondary N) is 1. The zero-order valence-corrected chi connectivity index (χ0v) is 11.6. The van der Waals surface area contributed by atoms with E-state index in [1.165, 1.54) is 12.1 Å². The lowest BCUT2D eigenvalue weighted by Gasteiger charge is -2.11. The van der Waals surface area contributed by atoms with Crippen LogP contribution < -0.4 is 10.1 Å². The molecule has 0 saturated carbocycles. The van der Waals surface area contributed by atoms with Crippen LogP contribution in [0.1, 0.15) is 17.3 Å². The largest absolute Gasteiger partial charge is 0.508 e. The van der Waals surface area contributed by atoms with Crippen LogP contribution in [-0.4, -0.2) is 17.6 Å². The fourth-order valence-electron chi connectivity index (χ4n) is 1.74. The summed E-state index contributed by atoms with van der Waals surface area (Å²) in [7, 11) is 0. The lowest BCUT2D eigenvalue weighted by molar-refractivity contribution is 0.102. The van der Waals surface area contributed by atoms with Crippen molar-refractivity contribution < 1.29 is 14.6 Å². The minimum atomic E-state index is -0.346. The van der Waals surface area contributed by atoms with Gasteiger partial charge in [0.2, 0.25) is 0 Å². The molecular weight excluding hydrogens is 278 g/mol. The van der Waals surface area contributed by atoms with Crippen LogP contribution in [0.2, 0.25) is 5.02 Å². The van der Waals surface area contributed by atoms with Crippen LogP contribution in [0.5, 0.6) is 11.5 Å². The van der Waals surface area contributed by atoms with Crippen molar-refractivity contribution in [2.24, 2.45) is 0 Å². The number of benzene rings is 2. The molecule has 0 atom stereocenters. The van der Waals surface area contributed by atoms with E-state index in [9.17, 15) is 9.90 Å². The van der Waals surface area contributed by atoms with E-state index in [2.05, 4.69) is 5.32 Å². The van der Waals surface area contributed by atoms with Gasteiger partial charge in [-0.05, 0) is 37.3 Å². The van der Waals surface area contributed by atoms with E-state index < -0.39 is 0 Å². The number of phenols is 1. The van der Waals surface area contributed by atoms with Crippen molar-refractivity contribution in [1.29, 1.82) is 0 Å². The van der Waals surface area contributed by atoms with Gasteiger partial charge in [-0.3, -0.25) is 4.79 Å². The van der Waals surface area contributed by atoms with E-state index in [-0.39, 0.29) is 11.7 Å². The zero-order chi connectivity index (χ0) is 14.5. The SMILES string of the molecule is CCOc1ccc(Cl)cc1C(=O)Nc1cccc(O)c1. The number of phenolic OH excluding ortho intramolecular Hbond substituents is 1. The van der Waals surface area contributed by atoms with Gasteiger partial charge in [0.15, 0.2) is 0 Å². The molecular formula is C15H14ClNO3. The first kappa shape index (κ1) is 14.2. The van der Waals surface area contributed by atoms with Crippen LogP contribution in [0.4, 0.5) is 5.69 Å². The molecule has 0 heterocycles. The molecule has 0 aliphatic rings. The Kier molecular flexibility index (Phi) is 4.48. The maximum atomic E-state index is 12.2. The van der Waals surface area contributed by atoms with Crippen molar-refractivity contribution in [2.45, 2.75) is 6.92 Å². The molecule has 0 fully saturated rings. The number of ether oxygens (including phenoxy) is 1. The van der Waals surface area contributed by atoms with Gasteiger partial charge in [-0.15, -0.1) is 0 Å². The second kappa shape index (κ2) is 6.30. The molecule has 0 aliphatic carbocycles. The summed E-state index contributed by atoms with van der Waals surface area (Å²) in [6.45, 7) is 2.29. The van der Waals surface area contributed by atoms with Crippen LogP contribution in [0, 0.1) is 0 Å². The number of halogens is 1. The third-order valence-corrected chi connectivity index (χ3v) is 2.83. The van der Waals surface area contributed by atoms with Crippen molar-refractivity contribution in [1.82, 2.24) is 0 Å². The Balaban J connectivity index is 2.26. The van der Waals surface area contributed by atoms with Gasteiger partial charge >= 0.3 is 0 Å². The van der Waals surface area contributed by atoms with Crippen molar-refractivity contribution in [3.63, 3.8) is 0 Å². The second-order valence-electron chi connectivity index (χ2n) is 4.08. The van der Waals surface area contributed by atoms with Crippen LogP contribution in [0.25, 0.3) is 0 Å². The number of carbonyl (C=O) groups excluding carboxylic acids is 1. The Hall–Kier alpha value is -2.20. The molecule has 1 amide bonds. The summed E-state index contributed by atoms with van der Waals surface area (Å²) < 4.78 is 5.41. The molecule has 104 valence electrons. The predicted molar refractivity (Wildman–Crippen MR) is 78.7 cm³/mol. The Morgan fingerprint density at radius 2 is 2.10 bits per heavy atom. The first-order valence-electron chi connectivity index (χ1n) is 6.13. The average molecular weight is 292 g/mol. The third kappa shape index (κ3) is 3.42. The van der Waals surface area contributed by atoms with Crippen LogP contribution in [0.15, 0.2) is 42.5 Å². The number of amides is 1. The van der Waals surface area contributed by atoms with Crippen molar-refractivity contribution >= 4 is 23.2 Å². The van der Waals surface area contributed by atoms with Crippen LogP contribution >= 0.6 is 11.6 Å². The quantitative estimate of drug-likeness (QED) is 0.903. The van der Waals surface area contributed by atoms with E-state index in [1.807, 2.05) is 6.92 Å². The van der Waals surface area contributed by atoms with Gasteiger partial charge in [0.1, 0.15) is 11.5 Å². The summed E-state index contributed by atoms with van der Waals surface area (Å²) in [5, 5.41) is 12.5. The standard InChI is InChI=1S/C15H14ClNO3/c1-2-20-14-7-6-10(16)8-13(14)15(19)17-11-4-3-5-12(18)9-11/h3-9,18H,2H2,1H3,(H,17,19). The number of hydrogen-bond donors (Lipinski definition) is 2. The number of aromatic hydroxyl groups is 1. The average Bonchev–Trinajstić information content (AvgIpc) is 2.41. The van der Waals surface area contributed by atoms with Gasteiger partial charge in [-0.25, -0.2) is 0 Å². The first-order chi connectivity index (χ1) is 9.60. The molecule has 0 aliphatic heterocycles. The molecule has 5 heteroatoms. The van der Waals surface area contributed by atoms with Gasteiger partial charge in [0.25, 0.3) is 5.91 Å². The van der Waals surface area contributed by atoms with Crippen LogP contribution in [0.3, 0.4) is 0 Å². The van der Waals surface area contributed by atoms with Gasteiger partial charge in [0.05, 0.1) is 12.2 Å². The third-order valence-electron chi connectivity index (χ3n) is 2.59. The van der Waals surface area contributed by atoms with Gasteiger partial charge in [-0.2, -0.15) is 0 Å². The maximum absolute atomic E-state index is 12.2. The lowest BCUT2D eigenvalue weighted by atomic mass is 10.1. The van der Waals surface area contributed by atoms with Crippen LogP contribution in [-0.2, 0) is 0 Å². The summed E-state index contributed by atoms with van der Waals surface area (Å²) in [5.41, 5.74) is 0.847. The highest BCUT2D eigenvalue weighted by Gasteiger charge is 2.13. The van der Waals surface area contributed by atoms with Crippen molar-refractivity contribution in [3.05, 3.63) is 53.1 Å². The smallest absolute Gasteiger partial charge is 0.259 e. The topological polar surface area (TPSA) is 58.6 Å². The van der Waals surface area contributed by atoms with Gasteiger partial charge in [-0.1, -0.05) is 17.7 Å². The number of anilines is 1. The van der Waals surface area contributed by atoms with Crippen molar-refractivity contribution in [3.8, 4) is 11.5 Å². The molecule has 20 heavy (non-hydrogen) atoms. The summed E-state index contributed by atoms with van der Waals surface area (Å²) >= 11 is 5.91. The van der Waals surface area contributed by atoms with E-state index in [0.29, 0.717) is 28.6 Å². The molecule has 0 saturated heterocycles. The highest BCUT2D eigenvalue weighted by molar-refractivity contribution is 6.31. The molecule has 0 bridgehead atoms. The summed E-state index contributed by atoms with van der Waals surface area (Å²) in [5.74, 6) is 0.204. The monoisotopic (exact) mass is 291 g/mol. The Morgan fingerprint density at radius 1 is 1.30 bits per heavy atom. The second-order valence-corrected chi connectivity index (χ2v) is 4.51. The molecule has 4 nitrogen and oxygen atoms in total. The highest BCUT2D eigenvalue weighted by atomic mass is 35.5. The normalized spacial score (nSPS) is 10.1. The number of hydrogen-bond acceptors (Lipinski definition) is 3. The molecule has 2 aromatic carbocycles. The fraction of sp³-hybridized carbons (Fsp3) is 0.133. The molecule has 0 radical (unpaired) electrons. The molecule has 2 aromatic rings. The fourth-order valence-corrected chi connectivity index (χ4v) is 1.92. The summed E-state index contributed by atoms with van der Waals surface area (Å²) in [4.78, 5) is 12.2. The summed E-state index contributed by atoms with van der Waals surface area (Å²) in [6, 6.07) is 11.2. The minimum Gasteiger partial charge on any atom is -0.508 e. The Labute approximate surface area is 122 Å². The van der Waals surface area contributed by atoms with E-state index in [1.54, 1.807) is 30.3 Å². The molecule has 2 rings (SSSR count). The van der Waals surface area contributed by atoms with E-state index in [4.69, 9.17) is 16.3 Å². The zero-order valence-electron chi connectivity index (χ0n) is 10.9. The minimum absolute atomic E-state index is 0.0823. The molecule has 0 unspecified atom stereocenters. The molecule has 0 spiro atoms. The van der Waals surface area contributed by atoms with Crippen molar-refractivity contribution in [2.75, 3.05) is 11.9 Å². The molecule has 0 aromatic heterocycles. The lowest BCUT2D eigenvalue weighted by Crippen LogP contribution is -2.13. The Morgan fingerprint density at radius 3 is 2.80 bits per heavy atom. The highest BCUT2D eigenvalue weighted by Crippen LogP contribution is 2.24. The number of rotatable bonds is 4.